The third-order valence-electron chi connectivity index (χ3n) is 2.54. The monoisotopic (exact) mass is 313 g/mol. The summed E-state index contributed by atoms with van der Waals surface area (Å²) < 4.78 is 0. The molecule has 0 radical (unpaired) electrons. The van der Waals surface area contributed by atoms with Crippen molar-refractivity contribution in [3.05, 3.63) is 35.4 Å². The van der Waals surface area contributed by atoms with Gasteiger partial charge in [0.2, 0.25) is 5.91 Å². The Morgan fingerprint density at radius 1 is 1.17 bits per heavy atom. The van der Waals surface area contributed by atoms with Crippen molar-refractivity contribution in [2.24, 2.45) is 0 Å². The molecule has 1 amide bonds. The molecule has 0 fully saturated rings. The fourth-order valence-electron chi connectivity index (χ4n) is 1.54. The average molecular weight is 314 g/mol. The average Bonchev–Trinajstić information content (AvgIpc) is 2.38. The van der Waals surface area contributed by atoms with Gasteiger partial charge in [-0.15, -0.1) is 0 Å². The summed E-state index contributed by atoms with van der Waals surface area (Å²) >= 11 is 3.08. The number of amides is 1. The van der Waals surface area contributed by atoms with Gasteiger partial charge in [0.25, 0.3) is 0 Å². The highest BCUT2D eigenvalue weighted by Crippen LogP contribution is 2.07. The van der Waals surface area contributed by atoms with Crippen LogP contribution in [-0.4, -0.2) is 28.9 Å². The molecule has 98 valence electrons. The molecule has 0 atom stereocenters. The number of carboxylic acid groups (broad SMARTS) is 1. The number of halogens is 1. The molecule has 0 unspecified atom stereocenters. The number of nitrogens with one attached hydrogen (secondary N) is 1. The summed E-state index contributed by atoms with van der Waals surface area (Å²) in [6, 6.07) is 6.90. The molecule has 0 saturated carbocycles. The number of alkyl halides is 1. The molecule has 18 heavy (non-hydrogen) atoms. The lowest BCUT2D eigenvalue weighted by Crippen LogP contribution is -2.25. The lowest BCUT2D eigenvalue weighted by Gasteiger charge is -2.04. The van der Waals surface area contributed by atoms with Crippen molar-refractivity contribution in [1.82, 2.24) is 5.32 Å². The molecule has 5 heteroatoms. The second-order valence-corrected chi connectivity index (χ2v) is 4.50. The molecule has 1 aromatic carbocycles. The zero-order valence-corrected chi connectivity index (χ0v) is 11.6. The first-order valence-electron chi connectivity index (χ1n) is 5.78. The molecule has 1 rings (SSSR count). The molecule has 0 aliphatic carbocycles. The second kappa shape index (κ2) is 7.87. The second-order valence-electron chi connectivity index (χ2n) is 3.94. The summed E-state index contributed by atoms with van der Waals surface area (Å²) in [5, 5.41) is 11.9. The topological polar surface area (TPSA) is 66.4 Å². The Morgan fingerprint density at radius 2 is 1.83 bits per heavy atom. The van der Waals surface area contributed by atoms with Crippen LogP contribution in [0.3, 0.4) is 0 Å². The molecule has 0 aromatic heterocycles. The van der Waals surface area contributed by atoms with E-state index < -0.39 is 5.97 Å². The summed E-state index contributed by atoms with van der Waals surface area (Å²) in [6.07, 6.45) is 2.78. The summed E-state index contributed by atoms with van der Waals surface area (Å²) in [5.74, 6) is -0.903. The summed E-state index contributed by atoms with van der Waals surface area (Å²) in [4.78, 5) is 21.6. The summed E-state index contributed by atoms with van der Waals surface area (Å²) in [6.45, 7) is 0.678. The fraction of sp³-hybridized carbons (Fsp3) is 0.385. The van der Waals surface area contributed by atoms with E-state index >= 15 is 0 Å². The zero-order valence-electron chi connectivity index (χ0n) is 9.99. The van der Waals surface area contributed by atoms with Crippen molar-refractivity contribution in [3.8, 4) is 0 Å². The van der Waals surface area contributed by atoms with Gasteiger partial charge in [0.1, 0.15) is 0 Å². The van der Waals surface area contributed by atoms with Gasteiger partial charge in [0.15, 0.2) is 0 Å². The smallest absolute Gasteiger partial charge is 0.335 e. The molecule has 4 nitrogen and oxygen atoms in total. The lowest BCUT2D eigenvalue weighted by molar-refractivity contribution is -0.118. The maximum Gasteiger partial charge on any atom is 0.335 e. The van der Waals surface area contributed by atoms with Crippen molar-refractivity contribution < 1.29 is 14.7 Å². The Balaban J connectivity index is 2.23. The highest BCUT2D eigenvalue weighted by molar-refractivity contribution is 9.09. The van der Waals surface area contributed by atoms with E-state index in [1.54, 1.807) is 12.1 Å². The van der Waals surface area contributed by atoms with Gasteiger partial charge < -0.3 is 10.4 Å². The first-order valence-corrected chi connectivity index (χ1v) is 6.90. The van der Waals surface area contributed by atoms with E-state index in [4.69, 9.17) is 5.11 Å². The highest BCUT2D eigenvalue weighted by Gasteiger charge is 2.01. The van der Waals surface area contributed by atoms with Crippen molar-refractivity contribution in [2.45, 2.75) is 19.3 Å². The number of hydrogen-bond donors (Lipinski definition) is 2. The quantitative estimate of drug-likeness (QED) is 0.599. The molecule has 0 aliphatic rings. The molecule has 0 saturated heterocycles. The van der Waals surface area contributed by atoms with E-state index in [1.807, 2.05) is 12.1 Å². The Morgan fingerprint density at radius 3 is 2.39 bits per heavy atom. The van der Waals surface area contributed by atoms with Gasteiger partial charge in [0.05, 0.1) is 10.9 Å². The molecule has 0 aliphatic heterocycles. The lowest BCUT2D eigenvalue weighted by atomic mass is 10.1. The predicted octanol–water partition coefficient (Wildman–Crippen LogP) is 2.22. The molecule has 0 heterocycles. The molecular formula is C13H16BrNO3. The highest BCUT2D eigenvalue weighted by atomic mass is 79.9. The molecule has 0 spiro atoms. The van der Waals surface area contributed by atoms with E-state index in [0.29, 0.717) is 17.4 Å². The molecule has 2 N–H and O–H groups in total. The van der Waals surface area contributed by atoms with E-state index in [-0.39, 0.29) is 5.91 Å². The van der Waals surface area contributed by atoms with Crippen LogP contribution in [-0.2, 0) is 11.2 Å². The van der Waals surface area contributed by atoms with Crippen LogP contribution in [0.1, 0.15) is 28.8 Å². The van der Waals surface area contributed by atoms with Crippen LogP contribution in [0.2, 0.25) is 0 Å². The third-order valence-corrected chi connectivity index (χ3v) is 3.05. The first-order chi connectivity index (χ1) is 8.63. The number of rotatable bonds is 7. The van der Waals surface area contributed by atoms with E-state index in [2.05, 4.69) is 21.2 Å². The van der Waals surface area contributed by atoms with Crippen molar-refractivity contribution >= 4 is 27.8 Å². The summed E-state index contributed by atoms with van der Waals surface area (Å²) in [7, 11) is 0. The van der Waals surface area contributed by atoms with E-state index in [9.17, 15) is 9.59 Å². The summed E-state index contributed by atoms with van der Waals surface area (Å²) in [5.41, 5.74) is 1.43. The number of carbonyl (C=O) groups excluding carboxylic acids is 1. The van der Waals surface area contributed by atoms with Crippen molar-refractivity contribution in [2.75, 3.05) is 11.9 Å². The Kier molecular flexibility index (Phi) is 6.43. The Hall–Kier alpha value is -1.36. The van der Waals surface area contributed by atoms with Crippen LogP contribution in [0.15, 0.2) is 24.3 Å². The van der Waals surface area contributed by atoms with Gasteiger partial charge in [-0.2, -0.15) is 0 Å². The van der Waals surface area contributed by atoms with Crippen LogP contribution in [0.5, 0.6) is 0 Å². The number of carbonyl (C=O) groups is 2. The van der Waals surface area contributed by atoms with Crippen molar-refractivity contribution in [3.63, 3.8) is 0 Å². The SMILES string of the molecule is O=C(CBr)NCCCCc1ccc(C(=O)O)cc1. The minimum absolute atomic E-state index is 0.000751. The van der Waals surface area contributed by atoms with Crippen LogP contribution >= 0.6 is 15.9 Å². The Labute approximate surface area is 115 Å². The molecular weight excluding hydrogens is 298 g/mol. The van der Waals surface area contributed by atoms with Crippen molar-refractivity contribution in [1.29, 1.82) is 0 Å². The first kappa shape index (κ1) is 14.7. The van der Waals surface area contributed by atoms with Gasteiger partial charge >= 0.3 is 5.97 Å². The normalized spacial score (nSPS) is 10.1. The van der Waals surface area contributed by atoms with Crippen LogP contribution in [0.25, 0.3) is 0 Å². The van der Waals surface area contributed by atoms with Gasteiger partial charge in [-0.1, -0.05) is 28.1 Å². The largest absolute Gasteiger partial charge is 0.478 e. The van der Waals surface area contributed by atoms with Crippen LogP contribution in [0, 0.1) is 0 Å². The molecule has 0 bridgehead atoms. The maximum absolute atomic E-state index is 10.9. The number of hydrogen-bond acceptors (Lipinski definition) is 2. The predicted molar refractivity (Wildman–Crippen MR) is 73.1 cm³/mol. The number of aromatic carboxylic acids is 1. The third kappa shape index (κ3) is 5.31. The Bertz CT molecular complexity index is 403. The van der Waals surface area contributed by atoms with Crippen LogP contribution < -0.4 is 5.32 Å². The number of aryl methyl sites for hydroxylation is 1. The fourth-order valence-corrected chi connectivity index (χ4v) is 1.74. The van der Waals surface area contributed by atoms with E-state index in [1.165, 1.54) is 0 Å². The number of unbranched alkanes of at least 4 members (excludes halogenated alkanes) is 1. The number of benzene rings is 1. The van der Waals surface area contributed by atoms with Gasteiger partial charge in [-0.05, 0) is 37.0 Å². The standard InChI is InChI=1S/C13H16BrNO3/c14-9-12(16)15-8-2-1-3-10-4-6-11(7-5-10)13(17)18/h4-7H,1-3,8-9H2,(H,15,16)(H,17,18). The minimum atomic E-state index is -0.904. The number of carboxylic acids is 1. The van der Waals surface area contributed by atoms with Gasteiger partial charge in [-0.3, -0.25) is 4.79 Å². The maximum atomic E-state index is 10.9. The van der Waals surface area contributed by atoms with Gasteiger partial charge in [-0.25, -0.2) is 4.79 Å². The molecule has 1 aromatic rings. The zero-order chi connectivity index (χ0) is 13.4. The minimum Gasteiger partial charge on any atom is -0.478 e. The van der Waals surface area contributed by atoms with Gasteiger partial charge in [0, 0.05) is 6.54 Å². The van der Waals surface area contributed by atoms with Crippen LogP contribution in [0.4, 0.5) is 0 Å². The van der Waals surface area contributed by atoms with E-state index in [0.717, 1.165) is 24.8 Å².